The summed E-state index contributed by atoms with van der Waals surface area (Å²) in [5.41, 5.74) is 2.35. The van der Waals surface area contributed by atoms with Gasteiger partial charge in [-0.1, -0.05) is 0 Å². The Kier molecular flexibility index (Phi) is 4.10. The number of benzene rings is 1. The Balaban J connectivity index is 2.25. The van der Waals surface area contributed by atoms with Crippen LogP contribution in [0.5, 0.6) is 0 Å². The summed E-state index contributed by atoms with van der Waals surface area (Å²) in [6.45, 7) is 7.27. The first-order valence-corrected chi connectivity index (χ1v) is 6.78. The molecule has 0 aromatic heterocycles. The van der Waals surface area contributed by atoms with Crippen molar-refractivity contribution in [3.05, 3.63) is 29.3 Å². The molecule has 1 saturated heterocycles. The number of anilines is 1. The van der Waals surface area contributed by atoms with Crippen LogP contribution in [-0.2, 0) is 0 Å². The van der Waals surface area contributed by atoms with E-state index < -0.39 is 5.97 Å². The molecule has 1 N–H and O–H groups in total. The zero-order valence-electron chi connectivity index (χ0n) is 11.9. The zero-order chi connectivity index (χ0) is 14.0. The molecule has 0 aliphatic carbocycles. The molecule has 2 rings (SSSR count). The zero-order valence-corrected chi connectivity index (χ0v) is 11.9. The van der Waals surface area contributed by atoms with E-state index in [1.54, 1.807) is 6.07 Å². The van der Waals surface area contributed by atoms with Crippen LogP contribution >= 0.6 is 0 Å². The second kappa shape index (κ2) is 5.61. The van der Waals surface area contributed by atoms with Crippen LogP contribution in [0.1, 0.15) is 29.3 Å². The molecular weight excluding hydrogens is 240 g/mol. The van der Waals surface area contributed by atoms with E-state index in [-0.39, 0.29) is 0 Å². The molecule has 1 unspecified atom stereocenters. The maximum Gasteiger partial charge on any atom is 0.335 e. The lowest BCUT2D eigenvalue weighted by atomic mass is 10.1. The van der Waals surface area contributed by atoms with E-state index >= 15 is 0 Å². The highest BCUT2D eigenvalue weighted by molar-refractivity contribution is 5.89. The number of aromatic carboxylic acids is 1. The summed E-state index contributed by atoms with van der Waals surface area (Å²) in [4.78, 5) is 15.8. The van der Waals surface area contributed by atoms with Gasteiger partial charge in [-0.2, -0.15) is 0 Å². The second-order valence-electron chi connectivity index (χ2n) is 5.46. The van der Waals surface area contributed by atoms with Crippen molar-refractivity contribution in [1.29, 1.82) is 0 Å². The van der Waals surface area contributed by atoms with Crippen molar-refractivity contribution >= 4 is 11.7 Å². The Hall–Kier alpha value is -1.55. The van der Waals surface area contributed by atoms with Crippen LogP contribution in [0, 0.1) is 6.92 Å². The molecule has 0 spiro atoms. The number of likely N-dealkylation sites (N-methyl/N-ethyl adjacent to an activating group) is 1. The molecule has 1 aromatic rings. The summed E-state index contributed by atoms with van der Waals surface area (Å²) in [6.07, 6.45) is 1.14. The third kappa shape index (κ3) is 3.07. The number of rotatable bonds is 2. The van der Waals surface area contributed by atoms with Gasteiger partial charge in [0.25, 0.3) is 0 Å². The van der Waals surface area contributed by atoms with Crippen LogP contribution in [0.2, 0.25) is 0 Å². The van der Waals surface area contributed by atoms with E-state index in [1.165, 1.54) is 0 Å². The number of nitrogens with zero attached hydrogens (tertiary/aromatic N) is 2. The van der Waals surface area contributed by atoms with Gasteiger partial charge in [0, 0.05) is 24.8 Å². The standard InChI is InChI=1S/C15H22N2O2/c1-11-9-13(5-6-14(11)15(18)19)17-8-4-7-16(3)10-12(17)2/h5-6,9,12H,4,7-8,10H2,1-3H3,(H,18,19). The summed E-state index contributed by atoms with van der Waals surface area (Å²) < 4.78 is 0. The monoisotopic (exact) mass is 262 g/mol. The van der Waals surface area contributed by atoms with E-state index in [0.29, 0.717) is 11.6 Å². The van der Waals surface area contributed by atoms with Gasteiger partial charge >= 0.3 is 5.97 Å². The molecule has 0 saturated carbocycles. The normalized spacial score (nSPS) is 21.2. The average molecular weight is 262 g/mol. The van der Waals surface area contributed by atoms with E-state index in [4.69, 9.17) is 5.11 Å². The van der Waals surface area contributed by atoms with E-state index in [9.17, 15) is 4.79 Å². The number of carboxylic acid groups (broad SMARTS) is 1. The van der Waals surface area contributed by atoms with E-state index in [1.807, 2.05) is 19.1 Å². The van der Waals surface area contributed by atoms with Gasteiger partial charge in [0.15, 0.2) is 0 Å². The molecule has 0 radical (unpaired) electrons. The van der Waals surface area contributed by atoms with Crippen molar-refractivity contribution in [1.82, 2.24) is 4.90 Å². The number of carboxylic acids is 1. The van der Waals surface area contributed by atoms with Gasteiger partial charge in [0.2, 0.25) is 0 Å². The maximum absolute atomic E-state index is 11.1. The Bertz CT molecular complexity index is 473. The maximum atomic E-state index is 11.1. The second-order valence-corrected chi connectivity index (χ2v) is 5.46. The molecule has 1 aromatic carbocycles. The summed E-state index contributed by atoms with van der Waals surface area (Å²) in [7, 11) is 2.15. The average Bonchev–Trinajstić information content (AvgIpc) is 2.49. The molecule has 104 valence electrons. The van der Waals surface area contributed by atoms with Crippen molar-refractivity contribution in [3.8, 4) is 0 Å². The largest absolute Gasteiger partial charge is 0.478 e. The number of hydrogen-bond donors (Lipinski definition) is 1. The van der Waals surface area contributed by atoms with Gasteiger partial charge < -0.3 is 14.9 Å². The Morgan fingerprint density at radius 2 is 2.11 bits per heavy atom. The molecule has 4 heteroatoms. The Morgan fingerprint density at radius 3 is 2.74 bits per heavy atom. The van der Waals surface area contributed by atoms with Gasteiger partial charge in [-0.3, -0.25) is 0 Å². The van der Waals surface area contributed by atoms with Crippen molar-refractivity contribution in [2.75, 3.05) is 31.6 Å². The lowest BCUT2D eigenvalue weighted by molar-refractivity contribution is 0.0696. The summed E-state index contributed by atoms with van der Waals surface area (Å²) in [5, 5.41) is 9.08. The molecular formula is C15H22N2O2. The summed E-state index contributed by atoms with van der Waals surface area (Å²) >= 11 is 0. The lowest BCUT2D eigenvalue weighted by Gasteiger charge is -2.30. The highest BCUT2D eigenvalue weighted by atomic mass is 16.4. The van der Waals surface area contributed by atoms with Gasteiger partial charge in [-0.05, 0) is 57.6 Å². The van der Waals surface area contributed by atoms with Gasteiger partial charge in [-0.25, -0.2) is 4.79 Å². The Labute approximate surface area is 114 Å². The molecule has 1 aliphatic heterocycles. The summed E-state index contributed by atoms with van der Waals surface area (Å²) in [5.74, 6) is -0.854. The molecule has 19 heavy (non-hydrogen) atoms. The predicted octanol–water partition coefficient (Wildman–Crippen LogP) is 2.22. The highest BCUT2D eigenvalue weighted by Crippen LogP contribution is 2.23. The molecule has 1 aliphatic rings. The minimum atomic E-state index is -0.854. The fourth-order valence-electron chi connectivity index (χ4n) is 2.82. The highest BCUT2D eigenvalue weighted by Gasteiger charge is 2.20. The van der Waals surface area contributed by atoms with Gasteiger partial charge in [-0.15, -0.1) is 0 Å². The molecule has 1 heterocycles. The SMILES string of the molecule is Cc1cc(N2CCCN(C)CC2C)ccc1C(=O)O. The predicted molar refractivity (Wildman–Crippen MR) is 77.1 cm³/mol. The van der Waals surface area contributed by atoms with Crippen LogP contribution < -0.4 is 4.90 Å². The van der Waals surface area contributed by atoms with Crippen LogP contribution in [-0.4, -0.2) is 48.7 Å². The van der Waals surface area contributed by atoms with Crippen LogP contribution in [0.4, 0.5) is 5.69 Å². The molecule has 1 atom stereocenters. The van der Waals surface area contributed by atoms with Crippen molar-refractivity contribution < 1.29 is 9.90 Å². The fourth-order valence-corrected chi connectivity index (χ4v) is 2.82. The molecule has 0 amide bonds. The molecule has 0 bridgehead atoms. The first-order valence-electron chi connectivity index (χ1n) is 6.78. The first kappa shape index (κ1) is 13.9. The quantitative estimate of drug-likeness (QED) is 0.887. The minimum Gasteiger partial charge on any atom is -0.478 e. The first-order chi connectivity index (χ1) is 8.99. The lowest BCUT2D eigenvalue weighted by Crippen LogP contribution is -2.38. The fraction of sp³-hybridized carbons (Fsp3) is 0.533. The minimum absolute atomic E-state index is 0.392. The van der Waals surface area contributed by atoms with Crippen LogP contribution in [0.15, 0.2) is 18.2 Å². The number of aryl methyl sites for hydroxylation is 1. The van der Waals surface area contributed by atoms with Gasteiger partial charge in [0.1, 0.15) is 0 Å². The molecule has 1 fully saturated rings. The number of carbonyl (C=O) groups is 1. The molecule has 4 nitrogen and oxygen atoms in total. The smallest absolute Gasteiger partial charge is 0.335 e. The Morgan fingerprint density at radius 1 is 1.37 bits per heavy atom. The van der Waals surface area contributed by atoms with Crippen LogP contribution in [0.25, 0.3) is 0 Å². The summed E-state index contributed by atoms with van der Waals surface area (Å²) in [6, 6.07) is 6.08. The third-order valence-electron chi connectivity index (χ3n) is 3.82. The number of hydrogen-bond acceptors (Lipinski definition) is 3. The van der Waals surface area contributed by atoms with E-state index in [0.717, 1.165) is 37.3 Å². The third-order valence-corrected chi connectivity index (χ3v) is 3.82. The van der Waals surface area contributed by atoms with E-state index in [2.05, 4.69) is 23.8 Å². The van der Waals surface area contributed by atoms with Crippen molar-refractivity contribution in [2.45, 2.75) is 26.3 Å². The van der Waals surface area contributed by atoms with Crippen molar-refractivity contribution in [2.24, 2.45) is 0 Å². The van der Waals surface area contributed by atoms with Gasteiger partial charge in [0.05, 0.1) is 5.56 Å². The van der Waals surface area contributed by atoms with Crippen molar-refractivity contribution in [3.63, 3.8) is 0 Å². The van der Waals surface area contributed by atoms with Crippen LogP contribution in [0.3, 0.4) is 0 Å². The topological polar surface area (TPSA) is 43.8 Å².